The number of anilines is 3. The van der Waals surface area contributed by atoms with E-state index in [2.05, 4.69) is 55.7 Å². The first-order valence-electron chi connectivity index (χ1n) is 13.8. The van der Waals surface area contributed by atoms with Gasteiger partial charge in [0.25, 0.3) is 0 Å². The topological polar surface area (TPSA) is 91.3 Å². The van der Waals surface area contributed by atoms with Crippen molar-refractivity contribution < 1.29 is 4.39 Å². The number of hydrogen-bond donors (Lipinski definition) is 4. The van der Waals surface area contributed by atoms with E-state index < -0.39 is 5.82 Å². The molecule has 0 spiro atoms. The molecule has 4 heterocycles. The first-order valence-corrected chi connectivity index (χ1v) is 15.8. The quantitative estimate of drug-likeness (QED) is 0.153. The zero-order chi connectivity index (χ0) is 30.1. The van der Waals surface area contributed by atoms with Gasteiger partial charge in [-0.2, -0.15) is 5.26 Å². The second kappa shape index (κ2) is 12.7. The Morgan fingerprint density at radius 2 is 1.93 bits per heavy atom. The van der Waals surface area contributed by atoms with E-state index in [0.717, 1.165) is 43.1 Å². The maximum atomic E-state index is 13.8. The molecule has 4 aromatic rings. The van der Waals surface area contributed by atoms with Gasteiger partial charge in [-0.15, -0.1) is 16.9 Å². The standard InChI is InChI=1S/C30H28Cl3FN8S/c1-2-41-7-5-21(6-8-41)42-15-26(39-40-42)30(27-9-18(31)16-43-27)38-20-10-22-28(37-19-3-4-25(34)23(32)11-19)17(13-35)14-36-29(22)24(33)12-20/h3-4,9-12,14-16,21,30,38-40H,2,5-8H2,1H3,(H,36,37)/t30-/m1/s1. The highest BCUT2D eigenvalue weighted by molar-refractivity contribution is 7.10. The van der Waals surface area contributed by atoms with Crippen LogP contribution in [0.4, 0.5) is 21.5 Å². The zero-order valence-electron chi connectivity index (χ0n) is 23.1. The van der Waals surface area contributed by atoms with E-state index >= 15 is 0 Å². The number of benzene rings is 2. The van der Waals surface area contributed by atoms with Crippen molar-refractivity contribution in [1.82, 2.24) is 25.9 Å². The number of hydrazine groups is 2. The number of rotatable bonds is 8. The van der Waals surface area contributed by atoms with Crippen LogP contribution in [0.5, 0.6) is 0 Å². The molecule has 0 amide bonds. The Kier molecular flexibility index (Phi) is 8.82. The molecule has 2 aliphatic heterocycles. The normalized spacial score (nSPS) is 16.6. The lowest BCUT2D eigenvalue weighted by molar-refractivity contribution is 0.112. The molecule has 222 valence electrons. The van der Waals surface area contributed by atoms with Crippen molar-refractivity contribution in [3.8, 4) is 6.07 Å². The van der Waals surface area contributed by atoms with Crippen LogP contribution in [0.1, 0.15) is 36.2 Å². The zero-order valence-corrected chi connectivity index (χ0v) is 26.2. The number of hydrogen-bond acceptors (Lipinski definition) is 9. The van der Waals surface area contributed by atoms with Crippen LogP contribution in [0.15, 0.2) is 59.9 Å². The fourth-order valence-electron chi connectivity index (χ4n) is 5.43. The minimum absolute atomic E-state index is 0.0318. The number of nitrogens with zero attached hydrogens (tertiary/aromatic N) is 4. The van der Waals surface area contributed by atoms with E-state index in [0.29, 0.717) is 49.6 Å². The predicted octanol–water partition coefficient (Wildman–Crippen LogP) is 7.81. The molecule has 2 aliphatic rings. The number of aromatic nitrogens is 1. The average molecular weight is 658 g/mol. The van der Waals surface area contributed by atoms with Crippen molar-refractivity contribution in [3.05, 3.63) is 91.2 Å². The Bertz CT molecular complexity index is 1730. The highest BCUT2D eigenvalue weighted by Gasteiger charge is 2.29. The number of piperidine rings is 1. The molecular weight excluding hydrogens is 630 g/mol. The lowest BCUT2D eigenvalue weighted by Crippen LogP contribution is -2.48. The molecule has 6 rings (SSSR count). The largest absolute Gasteiger partial charge is 0.372 e. The summed E-state index contributed by atoms with van der Waals surface area (Å²) in [6, 6.07) is 12.2. The molecule has 2 aromatic heterocycles. The first kappa shape index (κ1) is 29.8. The van der Waals surface area contributed by atoms with Crippen molar-refractivity contribution in [2.24, 2.45) is 0 Å². The van der Waals surface area contributed by atoms with Gasteiger partial charge in [0, 0.05) is 58.5 Å². The molecule has 13 heteroatoms. The second-order valence-electron chi connectivity index (χ2n) is 10.4. The third-order valence-corrected chi connectivity index (χ3v) is 9.66. The molecule has 1 saturated heterocycles. The third kappa shape index (κ3) is 6.34. The first-order chi connectivity index (χ1) is 20.8. The fourth-order valence-corrected chi connectivity index (χ4v) is 7.03. The number of nitrogens with one attached hydrogen (secondary N) is 4. The molecule has 4 N–H and O–H groups in total. The van der Waals surface area contributed by atoms with Crippen molar-refractivity contribution in [2.45, 2.75) is 31.8 Å². The SMILES string of the molecule is CCN1CCC(N2C=C([C@@H](Nc3cc(Cl)c4ncc(C#N)c(Nc5ccc(F)c(Cl)c5)c4c3)c3cc(Cl)cs3)NN2)CC1. The minimum Gasteiger partial charge on any atom is -0.372 e. The second-order valence-corrected chi connectivity index (χ2v) is 12.6. The van der Waals surface area contributed by atoms with E-state index in [1.807, 2.05) is 23.6 Å². The van der Waals surface area contributed by atoms with Crippen LogP contribution in [0.2, 0.25) is 15.1 Å². The van der Waals surface area contributed by atoms with Gasteiger partial charge in [0.05, 0.1) is 37.5 Å². The summed E-state index contributed by atoms with van der Waals surface area (Å²) in [5, 5.41) is 22.4. The lowest BCUT2D eigenvalue weighted by atomic mass is 10.0. The summed E-state index contributed by atoms with van der Waals surface area (Å²) < 4.78 is 13.8. The van der Waals surface area contributed by atoms with Crippen molar-refractivity contribution in [3.63, 3.8) is 0 Å². The van der Waals surface area contributed by atoms with Crippen molar-refractivity contribution in [2.75, 3.05) is 30.3 Å². The Morgan fingerprint density at radius 3 is 2.63 bits per heavy atom. The van der Waals surface area contributed by atoms with Crippen LogP contribution in [0, 0.1) is 17.1 Å². The van der Waals surface area contributed by atoms with E-state index in [1.54, 1.807) is 17.4 Å². The van der Waals surface area contributed by atoms with E-state index in [9.17, 15) is 9.65 Å². The molecule has 1 fully saturated rings. The summed E-state index contributed by atoms with van der Waals surface area (Å²) in [4.78, 5) is 7.92. The monoisotopic (exact) mass is 656 g/mol. The smallest absolute Gasteiger partial charge is 0.141 e. The molecule has 0 aliphatic carbocycles. The maximum Gasteiger partial charge on any atom is 0.141 e. The maximum absolute atomic E-state index is 13.8. The molecule has 8 nitrogen and oxygen atoms in total. The summed E-state index contributed by atoms with van der Waals surface area (Å²) in [6.07, 6.45) is 5.71. The van der Waals surface area contributed by atoms with Crippen LogP contribution in [-0.4, -0.2) is 40.6 Å². The summed E-state index contributed by atoms with van der Waals surface area (Å²) in [5.41, 5.74) is 10.2. The van der Waals surface area contributed by atoms with Gasteiger partial charge < -0.3 is 21.0 Å². The lowest BCUT2D eigenvalue weighted by Gasteiger charge is -2.35. The van der Waals surface area contributed by atoms with Gasteiger partial charge in [0.1, 0.15) is 17.9 Å². The Hall–Kier alpha value is -3.30. The molecule has 0 bridgehead atoms. The molecule has 1 atom stereocenters. The summed E-state index contributed by atoms with van der Waals surface area (Å²) >= 11 is 20.7. The Balaban J connectivity index is 1.35. The molecule has 0 saturated carbocycles. The third-order valence-electron chi connectivity index (χ3n) is 7.73. The molecular formula is C30H28Cl3FN8S. The number of pyridine rings is 1. The molecule has 43 heavy (non-hydrogen) atoms. The van der Waals surface area contributed by atoms with Gasteiger partial charge in [0.15, 0.2) is 0 Å². The molecule has 0 radical (unpaired) electrons. The summed E-state index contributed by atoms with van der Waals surface area (Å²) in [7, 11) is 0. The van der Waals surface area contributed by atoms with E-state index in [-0.39, 0.29) is 11.1 Å². The number of halogens is 4. The van der Waals surface area contributed by atoms with Gasteiger partial charge in [-0.3, -0.25) is 9.99 Å². The van der Waals surface area contributed by atoms with Crippen LogP contribution >= 0.6 is 46.1 Å². The predicted molar refractivity (Wildman–Crippen MR) is 173 cm³/mol. The highest BCUT2D eigenvalue weighted by atomic mass is 35.5. The van der Waals surface area contributed by atoms with Crippen LogP contribution in [0.3, 0.4) is 0 Å². The highest BCUT2D eigenvalue weighted by Crippen LogP contribution is 2.38. The van der Waals surface area contributed by atoms with Crippen LogP contribution in [-0.2, 0) is 0 Å². The van der Waals surface area contributed by atoms with E-state index in [1.165, 1.54) is 18.3 Å². The van der Waals surface area contributed by atoms with Gasteiger partial charge >= 0.3 is 0 Å². The number of thiophene rings is 1. The fraction of sp³-hybridized carbons (Fsp3) is 0.267. The molecule has 0 unspecified atom stereocenters. The minimum atomic E-state index is -0.532. The van der Waals surface area contributed by atoms with Crippen molar-refractivity contribution in [1.29, 1.82) is 5.26 Å². The van der Waals surface area contributed by atoms with Gasteiger partial charge in [-0.1, -0.05) is 41.7 Å². The number of nitriles is 1. The number of fused-ring (bicyclic) bond motifs is 1. The van der Waals surface area contributed by atoms with Gasteiger partial charge in [-0.25, -0.2) is 4.39 Å². The van der Waals surface area contributed by atoms with Gasteiger partial charge in [0.2, 0.25) is 0 Å². The molecule has 2 aromatic carbocycles. The average Bonchev–Trinajstić information content (AvgIpc) is 3.68. The van der Waals surface area contributed by atoms with Crippen LogP contribution < -0.4 is 21.6 Å². The van der Waals surface area contributed by atoms with Crippen LogP contribution in [0.25, 0.3) is 10.9 Å². The van der Waals surface area contributed by atoms with E-state index in [4.69, 9.17) is 34.8 Å². The Labute approximate surface area is 268 Å². The summed E-state index contributed by atoms with van der Waals surface area (Å²) in [6.45, 7) is 5.41. The number of likely N-dealkylation sites (tertiary alicyclic amines) is 1. The summed E-state index contributed by atoms with van der Waals surface area (Å²) in [5.74, 6) is -0.532. The van der Waals surface area contributed by atoms with Crippen molar-refractivity contribution >= 4 is 74.1 Å². The van der Waals surface area contributed by atoms with Gasteiger partial charge in [-0.05, 0) is 55.8 Å². The Morgan fingerprint density at radius 1 is 1.14 bits per heavy atom.